The van der Waals surface area contributed by atoms with E-state index in [0.717, 1.165) is 18.2 Å². The molecular formula is C27H26ClF3N2O5. The van der Waals surface area contributed by atoms with Crippen LogP contribution in [0, 0.1) is 0 Å². The number of hydrogen-bond acceptors (Lipinski definition) is 6. The Morgan fingerprint density at radius 2 is 1.71 bits per heavy atom. The molecule has 0 radical (unpaired) electrons. The Kier molecular flexibility index (Phi) is 7.64. The van der Waals surface area contributed by atoms with Crippen LogP contribution in [0.4, 0.5) is 18.9 Å². The van der Waals surface area contributed by atoms with Crippen molar-refractivity contribution in [1.29, 1.82) is 0 Å². The Morgan fingerprint density at radius 3 is 2.29 bits per heavy atom. The first-order valence-corrected chi connectivity index (χ1v) is 12.1. The number of ketones is 1. The molecule has 7 nitrogen and oxygen atoms in total. The zero-order valence-electron chi connectivity index (χ0n) is 21.1. The minimum atomic E-state index is -4.63. The molecule has 0 saturated carbocycles. The highest BCUT2D eigenvalue weighted by Crippen LogP contribution is 2.47. The minimum absolute atomic E-state index is 0.0636. The number of allylic oxidation sites excluding steroid dienone is 3. The van der Waals surface area contributed by atoms with E-state index in [0.29, 0.717) is 59.0 Å². The molecule has 0 spiro atoms. The summed E-state index contributed by atoms with van der Waals surface area (Å²) in [5.41, 5.74) is 1.08. The second kappa shape index (κ2) is 10.6. The number of nitrogens with one attached hydrogen (secondary N) is 2. The third-order valence-electron chi connectivity index (χ3n) is 6.58. The standard InChI is InChI=1S/C27H26ClF3N2O5/c1-13-22(26(35)33-18-12-15(27(29,30)31)8-9-16(18)28)23(24-17(32-13)6-5-7-19(24)34)14-10-20(36-2)25(38-4)21(11-14)37-3/h8-12,23,32H,5-7H2,1-4H3,(H,33,35)/t23-/m1/s1. The summed E-state index contributed by atoms with van der Waals surface area (Å²) in [6, 6.07) is 5.99. The molecule has 1 heterocycles. The molecule has 2 aromatic carbocycles. The van der Waals surface area contributed by atoms with Gasteiger partial charge in [0.2, 0.25) is 5.75 Å². The maximum absolute atomic E-state index is 13.7. The number of carbonyl (C=O) groups is 2. The van der Waals surface area contributed by atoms with Crippen LogP contribution in [0.3, 0.4) is 0 Å². The van der Waals surface area contributed by atoms with Crippen molar-refractivity contribution in [3.8, 4) is 17.2 Å². The molecule has 0 saturated heterocycles. The number of ether oxygens (including phenoxy) is 3. The van der Waals surface area contributed by atoms with Gasteiger partial charge in [0.05, 0.1) is 37.6 Å². The molecule has 0 fully saturated rings. The molecule has 1 aliphatic heterocycles. The number of methoxy groups -OCH3 is 3. The van der Waals surface area contributed by atoms with Crippen LogP contribution in [0.25, 0.3) is 0 Å². The largest absolute Gasteiger partial charge is 0.493 e. The quantitative estimate of drug-likeness (QED) is 0.459. The minimum Gasteiger partial charge on any atom is -0.493 e. The summed E-state index contributed by atoms with van der Waals surface area (Å²) in [5, 5.41) is 5.63. The van der Waals surface area contributed by atoms with E-state index in [1.807, 2.05) is 0 Å². The number of dihydropyridines is 1. The number of hydrogen-bond donors (Lipinski definition) is 2. The van der Waals surface area contributed by atoms with Crippen LogP contribution in [-0.2, 0) is 15.8 Å². The monoisotopic (exact) mass is 550 g/mol. The van der Waals surface area contributed by atoms with E-state index >= 15 is 0 Å². The molecule has 2 aliphatic rings. The summed E-state index contributed by atoms with van der Waals surface area (Å²) >= 11 is 6.14. The highest BCUT2D eigenvalue weighted by Gasteiger charge is 2.40. The van der Waals surface area contributed by atoms with E-state index < -0.39 is 23.6 Å². The van der Waals surface area contributed by atoms with Gasteiger partial charge in [0, 0.05) is 34.9 Å². The van der Waals surface area contributed by atoms with Crippen LogP contribution in [0.2, 0.25) is 5.02 Å². The predicted molar refractivity (Wildman–Crippen MR) is 136 cm³/mol. The molecular weight excluding hydrogens is 525 g/mol. The van der Waals surface area contributed by atoms with Crippen LogP contribution in [-0.4, -0.2) is 33.0 Å². The molecule has 0 unspecified atom stereocenters. The van der Waals surface area contributed by atoms with E-state index in [1.165, 1.54) is 21.3 Å². The fourth-order valence-electron chi connectivity index (χ4n) is 4.87. The average Bonchev–Trinajstić information content (AvgIpc) is 2.87. The summed E-state index contributed by atoms with van der Waals surface area (Å²) in [6.07, 6.45) is -3.07. The predicted octanol–water partition coefficient (Wildman–Crippen LogP) is 5.99. The van der Waals surface area contributed by atoms with Gasteiger partial charge in [0.25, 0.3) is 5.91 Å². The normalized spacial score (nSPS) is 17.6. The Hall–Kier alpha value is -3.66. The van der Waals surface area contributed by atoms with Gasteiger partial charge in [0.1, 0.15) is 0 Å². The first-order valence-electron chi connectivity index (χ1n) is 11.7. The molecule has 11 heteroatoms. The van der Waals surface area contributed by atoms with Crippen LogP contribution < -0.4 is 24.8 Å². The number of benzene rings is 2. The van der Waals surface area contributed by atoms with Crippen molar-refractivity contribution < 1.29 is 37.0 Å². The first-order chi connectivity index (χ1) is 18.0. The first kappa shape index (κ1) is 27.4. The molecule has 1 atom stereocenters. The fraction of sp³-hybridized carbons (Fsp3) is 0.333. The van der Waals surface area contributed by atoms with Crippen molar-refractivity contribution in [2.75, 3.05) is 26.6 Å². The molecule has 0 bridgehead atoms. The lowest BCUT2D eigenvalue weighted by molar-refractivity contribution is -0.137. The van der Waals surface area contributed by atoms with Crippen LogP contribution >= 0.6 is 11.6 Å². The van der Waals surface area contributed by atoms with Gasteiger partial charge in [-0.15, -0.1) is 0 Å². The molecule has 202 valence electrons. The van der Waals surface area contributed by atoms with Gasteiger partial charge in [0.15, 0.2) is 17.3 Å². The summed E-state index contributed by atoms with van der Waals surface area (Å²) in [5.74, 6) is -0.711. The lowest BCUT2D eigenvalue weighted by Crippen LogP contribution is -2.35. The SMILES string of the molecule is COc1cc([C@@H]2C(C(=O)Nc3cc(C(F)(F)F)ccc3Cl)=C(C)NC3=C2C(=O)CCC3)cc(OC)c1OC. The Labute approximate surface area is 222 Å². The highest BCUT2D eigenvalue weighted by molar-refractivity contribution is 6.34. The van der Waals surface area contributed by atoms with Crippen molar-refractivity contribution >= 4 is 29.0 Å². The van der Waals surface area contributed by atoms with Gasteiger partial charge in [-0.2, -0.15) is 13.2 Å². The van der Waals surface area contributed by atoms with Crippen molar-refractivity contribution in [2.24, 2.45) is 0 Å². The Balaban J connectivity index is 1.86. The van der Waals surface area contributed by atoms with Crippen molar-refractivity contribution in [2.45, 2.75) is 38.3 Å². The van der Waals surface area contributed by atoms with E-state index in [2.05, 4.69) is 10.6 Å². The Bertz CT molecular complexity index is 1340. The summed E-state index contributed by atoms with van der Waals surface area (Å²) < 4.78 is 56.3. The zero-order chi connectivity index (χ0) is 27.8. The van der Waals surface area contributed by atoms with E-state index in [1.54, 1.807) is 19.1 Å². The molecule has 2 aromatic rings. The molecule has 1 amide bonds. The number of carbonyl (C=O) groups excluding carboxylic acids is 2. The van der Waals surface area contributed by atoms with E-state index in [9.17, 15) is 22.8 Å². The highest BCUT2D eigenvalue weighted by atomic mass is 35.5. The third-order valence-corrected chi connectivity index (χ3v) is 6.91. The number of rotatable bonds is 6. The maximum Gasteiger partial charge on any atom is 0.416 e. The summed E-state index contributed by atoms with van der Waals surface area (Å²) in [7, 11) is 4.35. The molecule has 38 heavy (non-hydrogen) atoms. The van der Waals surface area contributed by atoms with Gasteiger partial charge >= 0.3 is 6.18 Å². The average molecular weight is 551 g/mol. The van der Waals surface area contributed by atoms with Crippen LogP contribution in [0.5, 0.6) is 17.2 Å². The van der Waals surface area contributed by atoms with E-state index in [4.69, 9.17) is 25.8 Å². The number of alkyl halides is 3. The van der Waals surface area contributed by atoms with Gasteiger partial charge in [-0.1, -0.05) is 11.6 Å². The topological polar surface area (TPSA) is 85.9 Å². The van der Waals surface area contributed by atoms with Gasteiger partial charge in [-0.25, -0.2) is 0 Å². The van der Waals surface area contributed by atoms with Gasteiger partial charge in [-0.05, 0) is 55.7 Å². The number of Topliss-reactive ketones (excluding diaryl/α,β-unsaturated/α-hetero) is 1. The van der Waals surface area contributed by atoms with Crippen molar-refractivity contribution in [1.82, 2.24) is 5.32 Å². The number of halogens is 4. The van der Waals surface area contributed by atoms with Crippen LogP contribution in [0.15, 0.2) is 52.9 Å². The zero-order valence-corrected chi connectivity index (χ0v) is 21.9. The van der Waals surface area contributed by atoms with Crippen molar-refractivity contribution in [3.05, 3.63) is 69.0 Å². The molecule has 0 aromatic heterocycles. The summed E-state index contributed by atoms with van der Waals surface area (Å²) in [4.78, 5) is 26.9. The maximum atomic E-state index is 13.7. The molecule has 2 N–H and O–H groups in total. The van der Waals surface area contributed by atoms with E-state index in [-0.39, 0.29) is 22.1 Å². The Morgan fingerprint density at radius 1 is 1.05 bits per heavy atom. The number of anilines is 1. The van der Waals surface area contributed by atoms with Gasteiger partial charge < -0.3 is 24.8 Å². The second-order valence-electron chi connectivity index (χ2n) is 8.87. The lowest BCUT2D eigenvalue weighted by atomic mass is 9.75. The molecule has 1 aliphatic carbocycles. The molecule has 4 rings (SSSR count). The van der Waals surface area contributed by atoms with Crippen molar-refractivity contribution in [3.63, 3.8) is 0 Å². The number of amides is 1. The lowest BCUT2D eigenvalue weighted by Gasteiger charge is -2.35. The third kappa shape index (κ3) is 5.05. The fourth-order valence-corrected chi connectivity index (χ4v) is 5.04. The second-order valence-corrected chi connectivity index (χ2v) is 9.28. The smallest absolute Gasteiger partial charge is 0.416 e. The van der Waals surface area contributed by atoms with Crippen LogP contribution in [0.1, 0.15) is 43.2 Å². The summed E-state index contributed by atoms with van der Waals surface area (Å²) in [6.45, 7) is 1.68. The van der Waals surface area contributed by atoms with Gasteiger partial charge in [-0.3, -0.25) is 9.59 Å².